The van der Waals surface area contributed by atoms with Crippen molar-refractivity contribution in [3.8, 4) is 5.75 Å². The Bertz CT molecular complexity index is 1260. The Morgan fingerprint density at radius 2 is 2.19 bits per heavy atom. The Morgan fingerprint density at radius 3 is 3.09 bits per heavy atom. The fourth-order valence-electron chi connectivity index (χ4n) is 4.08. The molecule has 0 unspecified atom stereocenters. The number of aromatic nitrogens is 5. The number of amides is 1. The van der Waals surface area contributed by atoms with Crippen LogP contribution in [0.2, 0.25) is 0 Å². The number of hydrogen-bond acceptors (Lipinski definition) is 8. The van der Waals surface area contributed by atoms with E-state index in [4.69, 9.17) is 9.84 Å². The summed E-state index contributed by atoms with van der Waals surface area (Å²) in [6.45, 7) is 1.33. The van der Waals surface area contributed by atoms with E-state index in [0.29, 0.717) is 23.5 Å². The molecular formula is C22H23N7O3. The third-order valence-electron chi connectivity index (χ3n) is 5.59. The average molecular weight is 433 g/mol. The number of H-pyrrole nitrogens is 1. The van der Waals surface area contributed by atoms with Gasteiger partial charge in [-0.15, -0.1) is 0 Å². The molecule has 1 saturated heterocycles. The summed E-state index contributed by atoms with van der Waals surface area (Å²) in [4.78, 5) is 35.2. The average Bonchev–Trinajstić information content (AvgIpc) is 3.50. The summed E-state index contributed by atoms with van der Waals surface area (Å²) in [6.07, 6.45) is 5.15. The number of para-hydroxylation sites is 1. The molecule has 10 heteroatoms. The molecule has 1 aliphatic rings. The Labute approximate surface area is 183 Å². The molecule has 1 amide bonds. The van der Waals surface area contributed by atoms with Gasteiger partial charge in [-0.05, 0) is 25.0 Å². The standard InChI is InChI=1S/C22H23N7O3/c30-9-7-23-22(31)17-10-18(15-5-1-2-6-16(15)28-17)32-11-14-4-3-8-29(14)21-19-20(25-12-24-19)26-13-27-21/h1-2,5-6,10,12-14,30H,3-4,7-9,11H2,(H,23,31)(H,24,25,26,27)/t14-/m1/s1. The summed E-state index contributed by atoms with van der Waals surface area (Å²) in [6, 6.07) is 9.34. The summed E-state index contributed by atoms with van der Waals surface area (Å²) in [5.74, 6) is 1.05. The van der Waals surface area contributed by atoms with Gasteiger partial charge in [0.15, 0.2) is 11.5 Å². The molecule has 10 nitrogen and oxygen atoms in total. The number of imidazole rings is 1. The first-order valence-electron chi connectivity index (χ1n) is 10.6. The van der Waals surface area contributed by atoms with Crippen LogP contribution in [-0.2, 0) is 0 Å². The summed E-state index contributed by atoms with van der Waals surface area (Å²) in [7, 11) is 0. The SMILES string of the molecule is O=C(NCCO)c1cc(OC[C@H]2CCCN2c2ncnc3[nH]cnc23)c2ccccc2n1. The number of fused-ring (bicyclic) bond motifs is 2. The van der Waals surface area contributed by atoms with E-state index < -0.39 is 0 Å². The number of aromatic amines is 1. The normalized spacial score (nSPS) is 16.0. The van der Waals surface area contributed by atoms with Gasteiger partial charge in [0.1, 0.15) is 29.9 Å². The van der Waals surface area contributed by atoms with Crippen LogP contribution in [0.25, 0.3) is 22.1 Å². The lowest BCUT2D eigenvalue weighted by molar-refractivity contribution is 0.0939. The van der Waals surface area contributed by atoms with Gasteiger partial charge in [-0.3, -0.25) is 4.79 Å². The predicted molar refractivity (Wildman–Crippen MR) is 119 cm³/mol. The molecule has 1 aliphatic heterocycles. The number of aliphatic hydroxyl groups excluding tert-OH is 1. The summed E-state index contributed by atoms with van der Waals surface area (Å²) in [5.41, 5.74) is 2.39. The molecule has 3 aromatic heterocycles. The molecule has 1 aromatic carbocycles. The number of nitrogens with zero attached hydrogens (tertiary/aromatic N) is 5. The fourth-order valence-corrected chi connectivity index (χ4v) is 4.08. The molecule has 0 radical (unpaired) electrons. The fraction of sp³-hybridized carbons (Fsp3) is 0.318. The molecule has 1 fully saturated rings. The third kappa shape index (κ3) is 3.80. The van der Waals surface area contributed by atoms with E-state index in [-0.39, 0.29) is 30.8 Å². The number of nitrogens with one attached hydrogen (secondary N) is 2. The third-order valence-corrected chi connectivity index (χ3v) is 5.59. The minimum atomic E-state index is -0.348. The van der Waals surface area contributed by atoms with Crippen molar-refractivity contribution >= 4 is 33.8 Å². The minimum Gasteiger partial charge on any atom is -0.491 e. The van der Waals surface area contributed by atoms with Crippen molar-refractivity contribution in [2.45, 2.75) is 18.9 Å². The first-order valence-corrected chi connectivity index (χ1v) is 10.6. The van der Waals surface area contributed by atoms with Gasteiger partial charge in [-0.25, -0.2) is 19.9 Å². The minimum absolute atomic E-state index is 0.114. The van der Waals surface area contributed by atoms with Crippen molar-refractivity contribution in [2.24, 2.45) is 0 Å². The van der Waals surface area contributed by atoms with Crippen molar-refractivity contribution in [1.29, 1.82) is 0 Å². The molecule has 0 bridgehead atoms. The predicted octanol–water partition coefficient (Wildman–Crippen LogP) is 1.67. The van der Waals surface area contributed by atoms with Crippen molar-refractivity contribution in [3.63, 3.8) is 0 Å². The smallest absolute Gasteiger partial charge is 0.270 e. The maximum absolute atomic E-state index is 12.4. The first kappa shape index (κ1) is 20.1. The second kappa shape index (κ2) is 8.75. The van der Waals surface area contributed by atoms with E-state index in [1.807, 2.05) is 24.3 Å². The number of carbonyl (C=O) groups excluding carboxylic acids is 1. The summed E-state index contributed by atoms with van der Waals surface area (Å²) in [5, 5.41) is 12.5. The molecule has 164 valence electrons. The molecule has 3 N–H and O–H groups in total. The van der Waals surface area contributed by atoms with Crippen molar-refractivity contribution in [3.05, 3.63) is 48.7 Å². The highest BCUT2D eigenvalue weighted by molar-refractivity contribution is 5.97. The van der Waals surface area contributed by atoms with Crippen LogP contribution in [0.4, 0.5) is 5.82 Å². The number of pyridine rings is 1. The Hall–Kier alpha value is -3.79. The number of aliphatic hydroxyl groups is 1. The lowest BCUT2D eigenvalue weighted by Gasteiger charge is -2.26. The van der Waals surface area contributed by atoms with Gasteiger partial charge in [0, 0.05) is 24.5 Å². The van der Waals surface area contributed by atoms with Crippen LogP contribution >= 0.6 is 0 Å². The molecule has 1 atom stereocenters. The maximum atomic E-state index is 12.4. The van der Waals surface area contributed by atoms with E-state index in [0.717, 1.165) is 36.1 Å². The largest absolute Gasteiger partial charge is 0.491 e. The highest BCUT2D eigenvalue weighted by Crippen LogP contribution is 2.30. The Balaban J connectivity index is 1.40. The molecule has 0 saturated carbocycles. The van der Waals surface area contributed by atoms with Crippen molar-refractivity contribution in [2.75, 3.05) is 31.2 Å². The van der Waals surface area contributed by atoms with E-state index in [9.17, 15) is 4.79 Å². The van der Waals surface area contributed by atoms with Gasteiger partial charge >= 0.3 is 0 Å². The van der Waals surface area contributed by atoms with E-state index in [2.05, 4.69) is 35.1 Å². The highest BCUT2D eigenvalue weighted by Gasteiger charge is 2.29. The molecule has 4 heterocycles. The maximum Gasteiger partial charge on any atom is 0.270 e. The lowest BCUT2D eigenvalue weighted by Crippen LogP contribution is -2.35. The lowest BCUT2D eigenvalue weighted by atomic mass is 10.1. The topological polar surface area (TPSA) is 129 Å². The van der Waals surface area contributed by atoms with Crippen LogP contribution in [-0.4, -0.2) is 68.3 Å². The Kier molecular flexibility index (Phi) is 5.51. The van der Waals surface area contributed by atoms with Gasteiger partial charge in [0.25, 0.3) is 5.91 Å². The van der Waals surface area contributed by atoms with E-state index in [1.165, 1.54) is 0 Å². The number of hydrogen-bond donors (Lipinski definition) is 3. The molecular weight excluding hydrogens is 410 g/mol. The molecule has 32 heavy (non-hydrogen) atoms. The highest BCUT2D eigenvalue weighted by atomic mass is 16.5. The zero-order valence-corrected chi connectivity index (χ0v) is 17.4. The zero-order valence-electron chi connectivity index (χ0n) is 17.4. The Morgan fingerprint density at radius 1 is 1.28 bits per heavy atom. The van der Waals surface area contributed by atoms with Crippen LogP contribution in [0.3, 0.4) is 0 Å². The van der Waals surface area contributed by atoms with Crippen LogP contribution in [0.15, 0.2) is 43.0 Å². The second-order valence-corrected chi connectivity index (χ2v) is 7.60. The van der Waals surface area contributed by atoms with Crippen molar-refractivity contribution in [1.82, 2.24) is 30.2 Å². The number of anilines is 1. The van der Waals surface area contributed by atoms with Crippen LogP contribution < -0.4 is 15.0 Å². The monoisotopic (exact) mass is 433 g/mol. The number of benzene rings is 1. The van der Waals surface area contributed by atoms with Crippen molar-refractivity contribution < 1.29 is 14.6 Å². The van der Waals surface area contributed by atoms with Crippen LogP contribution in [0.1, 0.15) is 23.3 Å². The van der Waals surface area contributed by atoms with E-state index >= 15 is 0 Å². The van der Waals surface area contributed by atoms with E-state index in [1.54, 1.807) is 18.7 Å². The summed E-state index contributed by atoms with van der Waals surface area (Å²) < 4.78 is 6.26. The molecule has 5 rings (SSSR count). The number of carbonyl (C=O) groups is 1. The van der Waals surface area contributed by atoms with Gasteiger partial charge in [-0.1, -0.05) is 12.1 Å². The number of rotatable bonds is 7. The van der Waals surface area contributed by atoms with Gasteiger partial charge < -0.3 is 25.0 Å². The molecule has 4 aromatic rings. The van der Waals surface area contributed by atoms with Gasteiger partial charge in [0.05, 0.1) is 24.5 Å². The molecule has 0 spiro atoms. The quantitative estimate of drug-likeness (QED) is 0.401. The first-order chi connectivity index (χ1) is 15.7. The number of ether oxygens (including phenoxy) is 1. The van der Waals surface area contributed by atoms with Gasteiger partial charge in [0.2, 0.25) is 0 Å². The second-order valence-electron chi connectivity index (χ2n) is 7.60. The van der Waals surface area contributed by atoms with Crippen LogP contribution in [0.5, 0.6) is 5.75 Å². The van der Waals surface area contributed by atoms with Gasteiger partial charge in [-0.2, -0.15) is 0 Å². The molecule has 0 aliphatic carbocycles. The van der Waals surface area contributed by atoms with Crippen LogP contribution in [0, 0.1) is 0 Å². The zero-order chi connectivity index (χ0) is 21.9. The summed E-state index contributed by atoms with van der Waals surface area (Å²) >= 11 is 0.